The molecule has 0 aromatic carbocycles. The van der Waals surface area contributed by atoms with E-state index in [1.807, 2.05) is 0 Å². The highest BCUT2D eigenvalue weighted by Gasteiger charge is 2.64. The van der Waals surface area contributed by atoms with Gasteiger partial charge in [-0.25, -0.2) is 0 Å². The van der Waals surface area contributed by atoms with Crippen molar-refractivity contribution in [2.75, 3.05) is 0 Å². The quantitative estimate of drug-likeness (QED) is 0.186. The van der Waals surface area contributed by atoms with Gasteiger partial charge in [0.15, 0.2) is 13.4 Å². The highest BCUT2D eigenvalue weighted by Crippen LogP contribution is 2.72. The lowest BCUT2D eigenvalue weighted by atomic mass is 9.18. The third kappa shape index (κ3) is 4.37. The van der Waals surface area contributed by atoms with E-state index in [1.165, 1.54) is 64.0 Å². The number of hydrogen-bond donors (Lipinski definition) is 0. The normalized spacial score (nSPS) is 52.6. The zero-order valence-electron chi connectivity index (χ0n) is 32.7. The maximum atomic E-state index is 5.15. The molecule has 2 heteroatoms. The fraction of sp³-hybridized carbons (Fsp3) is 0.955. The summed E-state index contributed by atoms with van der Waals surface area (Å²) in [6.45, 7) is 38.7. The molecule has 12 rings (SSSR count). The second-order valence-electron chi connectivity index (χ2n) is 23.0. The first-order chi connectivity index (χ1) is 21.4. The predicted octanol–water partition coefficient (Wildman–Crippen LogP) is 12.8. The van der Waals surface area contributed by atoms with E-state index in [-0.39, 0.29) is 0 Å². The van der Waals surface area contributed by atoms with Crippen molar-refractivity contribution in [1.29, 1.82) is 0 Å². The molecule has 0 radical (unpaired) electrons. The van der Waals surface area contributed by atoms with Crippen LogP contribution in [0.2, 0.25) is 35.9 Å². The molecule has 12 fully saturated rings. The van der Waals surface area contributed by atoms with Crippen molar-refractivity contribution in [3.05, 3.63) is 12.2 Å². The summed E-state index contributed by atoms with van der Waals surface area (Å²) in [6.07, 6.45) is 14.9. The summed E-state index contributed by atoms with van der Waals surface area (Å²) in [6, 6.07) is 0. The van der Waals surface area contributed by atoms with Crippen LogP contribution in [0, 0.1) is 92.7 Å². The van der Waals surface area contributed by atoms with Crippen LogP contribution in [-0.4, -0.2) is 13.4 Å². The molecule has 0 aromatic heterocycles. The van der Waals surface area contributed by atoms with Crippen molar-refractivity contribution in [2.24, 2.45) is 92.7 Å². The van der Waals surface area contributed by atoms with Crippen LogP contribution in [-0.2, 0) is 0 Å². The van der Waals surface area contributed by atoms with Crippen molar-refractivity contribution < 1.29 is 0 Å². The smallest absolute Gasteiger partial charge is 0.101 e. The number of fused-ring (bicyclic) bond motifs is 8. The van der Waals surface area contributed by atoms with Gasteiger partial charge in [0.1, 0.15) is 0 Å². The standard InChI is InChI=1S/C44H74B2/c1-24(22-45(37-18-29-14-33(25(37)2)41(29,6)7)38-19-30-15-34(26(38)3)42(30,8)9)23-46(39-20-31-16-35(27(39)4)43(31,10)11)40-21-32-17-36(28(40)5)44(32,12)13/h25-40H,1,14-23H2,2-13H3/t25-,26-,27-,28-,29+,30+,31+,32+,33-,34-,35-,36-,37-,38?,39?,40?/m0/s1. The van der Waals surface area contributed by atoms with E-state index in [0.29, 0.717) is 21.7 Å². The second kappa shape index (κ2) is 10.5. The van der Waals surface area contributed by atoms with E-state index in [1.54, 1.807) is 5.57 Å². The highest BCUT2D eigenvalue weighted by atomic mass is 14.6. The first-order valence-electron chi connectivity index (χ1n) is 21.0. The Kier molecular flexibility index (Phi) is 7.51. The van der Waals surface area contributed by atoms with E-state index in [4.69, 9.17) is 6.58 Å². The lowest BCUT2D eigenvalue weighted by Crippen LogP contribution is -2.60. The van der Waals surface area contributed by atoms with E-state index in [9.17, 15) is 0 Å². The first-order valence-corrected chi connectivity index (χ1v) is 21.0. The fourth-order valence-electron chi connectivity index (χ4n) is 17.0. The van der Waals surface area contributed by atoms with Gasteiger partial charge in [-0.05, 0) is 118 Å². The molecule has 16 atom stereocenters. The summed E-state index contributed by atoms with van der Waals surface area (Å²) in [5.74, 6) is 15.1. The molecule has 12 aliphatic carbocycles. The van der Waals surface area contributed by atoms with Crippen LogP contribution in [0.1, 0.15) is 134 Å². The van der Waals surface area contributed by atoms with Gasteiger partial charge in [0.25, 0.3) is 0 Å². The topological polar surface area (TPSA) is 0 Å². The Morgan fingerprint density at radius 2 is 0.652 bits per heavy atom. The van der Waals surface area contributed by atoms with Gasteiger partial charge >= 0.3 is 0 Å². The summed E-state index contributed by atoms with van der Waals surface area (Å²) < 4.78 is 0. The van der Waals surface area contributed by atoms with E-state index >= 15 is 0 Å². The maximum Gasteiger partial charge on any atom is 0.151 e. The lowest BCUT2D eigenvalue weighted by Gasteiger charge is -2.67. The Balaban J connectivity index is 1.06. The molecule has 12 aliphatic rings. The molecule has 0 spiro atoms. The third-order valence-electron chi connectivity index (χ3n) is 20.9. The van der Waals surface area contributed by atoms with E-state index < -0.39 is 0 Å². The maximum absolute atomic E-state index is 5.15. The van der Waals surface area contributed by atoms with Crippen molar-refractivity contribution in [3.63, 3.8) is 0 Å². The van der Waals surface area contributed by atoms with Gasteiger partial charge in [-0.2, -0.15) is 0 Å². The fourth-order valence-corrected chi connectivity index (χ4v) is 17.0. The number of hydrogen-bond acceptors (Lipinski definition) is 0. The summed E-state index contributed by atoms with van der Waals surface area (Å²) in [4.78, 5) is 0. The van der Waals surface area contributed by atoms with Crippen LogP contribution in [0.25, 0.3) is 0 Å². The minimum atomic E-state index is 0.586. The summed E-state index contributed by atoms with van der Waals surface area (Å²) in [5.41, 5.74) is 4.04. The van der Waals surface area contributed by atoms with Gasteiger partial charge in [0.2, 0.25) is 0 Å². The van der Waals surface area contributed by atoms with Crippen molar-refractivity contribution in [3.8, 4) is 0 Å². The zero-order valence-corrected chi connectivity index (χ0v) is 32.7. The van der Waals surface area contributed by atoms with Crippen LogP contribution >= 0.6 is 0 Å². The highest BCUT2D eigenvalue weighted by molar-refractivity contribution is 6.65. The van der Waals surface area contributed by atoms with Gasteiger partial charge in [-0.15, -0.1) is 6.58 Å². The molecule has 0 aromatic rings. The van der Waals surface area contributed by atoms with E-state index in [2.05, 4.69) is 83.1 Å². The van der Waals surface area contributed by atoms with Crippen LogP contribution in [0.15, 0.2) is 12.2 Å². The lowest BCUT2D eigenvalue weighted by molar-refractivity contribution is -0.107. The Hall–Kier alpha value is -0.130. The molecular formula is C44H74B2. The van der Waals surface area contributed by atoms with Gasteiger partial charge in [-0.3, -0.25) is 0 Å². The van der Waals surface area contributed by atoms with Gasteiger partial charge in [0.05, 0.1) is 0 Å². The summed E-state index contributed by atoms with van der Waals surface area (Å²) in [7, 11) is 0. The predicted molar refractivity (Wildman–Crippen MR) is 202 cm³/mol. The molecule has 0 amide bonds. The summed E-state index contributed by atoms with van der Waals surface area (Å²) in [5, 5.41) is 0. The minimum absolute atomic E-state index is 0.586. The minimum Gasteiger partial charge on any atom is -0.101 e. The monoisotopic (exact) mass is 625 g/mol. The molecule has 3 unspecified atom stereocenters. The molecule has 0 nitrogen and oxygen atoms in total. The Morgan fingerprint density at radius 3 is 0.826 bits per heavy atom. The Morgan fingerprint density at radius 1 is 0.435 bits per heavy atom. The molecule has 12 saturated carbocycles. The molecule has 0 aliphatic heterocycles. The molecule has 0 heterocycles. The van der Waals surface area contributed by atoms with Gasteiger partial charge in [0, 0.05) is 0 Å². The average molecular weight is 625 g/mol. The Labute approximate surface area is 287 Å². The average Bonchev–Trinajstić information content (AvgIpc) is 2.98. The van der Waals surface area contributed by atoms with E-state index in [0.717, 1.165) is 108 Å². The van der Waals surface area contributed by atoms with Crippen molar-refractivity contribution >= 4 is 13.4 Å². The SMILES string of the molecule is C=C(CB(C1C[C@H]2C[C@@H]([C@@H]1C)C2(C)C)C1C[C@H]2C[C@@H]([C@@H]1C)C2(C)C)CB(C1C[C@H]2C[C@@H]([C@@H]1C)C2(C)C)[C@H]1C[C@H]2C[C@@H]([C@@H]1C)C2(C)C. The third-order valence-corrected chi connectivity index (χ3v) is 20.9. The molecule has 256 valence electrons. The van der Waals surface area contributed by atoms with Crippen molar-refractivity contribution in [1.82, 2.24) is 0 Å². The van der Waals surface area contributed by atoms with Gasteiger partial charge in [-0.1, -0.05) is 150 Å². The van der Waals surface area contributed by atoms with Crippen molar-refractivity contribution in [2.45, 2.75) is 170 Å². The first kappa shape index (κ1) is 33.0. The van der Waals surface area contributed by atoms with Crippen LogP contribution in [0.5, 0.6) is 0 Å². The zero-order chi connectivity index (χ0) is 33.0. The van der Waals surface area contributed by atoms with Crippen LogP contribution < -0.4 is 0 Å². The molecule has 0 N–H and O–H groups in total. The van der Waals surface area contributed by atoms with Gasteiger partial charge < -0.3 is 0 Å². The molecule has 8 bridgehead atoms. The molecule has 46 heavy (non-hydrogen) atoms. The Bertz CT molecular complexity index is 1050. The largest absolute Gasteiger partial charge is 0.151 e. The summed E-state index contributed by atoms with van der Waals surface area (Å²) >= 11 is 0. The number of allylic oxidation sites excluding steroid dienone is 1. The second-order valence-corrected chi connectivity index (χ2v) is 23.0. The number of rotatable bonds is 8. The molecular weight excluding hydrogens is 550 g/mol. The van der Waals surface area contributed by atoms with Crippen LogP contribution in [0.3, 0.4) is 0 Å². The van der Waals surface area contributed by atoms with Crippen LogP contribution in [0.4, 0.5) is 0 Å². The molecule has 0 saturated heterocycles.